The Kier molecular flexibility index (Phi) is 16.1. The van der Waals surface area contributed by atoms with Crippen LogP contribution in [-0.4, -0.2) is 46.5 Å². The van der Waals surface area contributed by atoms with E-state index < -0.39 is 0 Å². The SMILES string of the molecule is CCCCCCCCCCCOc1nc(OCCCO)nc(OCCCCC)n1. The van der Waals surface area contributed by atoms with E-state index >= 15 is 0 Å². The molecule has 0 radical (unpaired) electrons. The average molecular weight is 412 g/mol. The van der Waals surface area contributed by atoms with Crippen molar-refractivity contribution in [3.8, 4) is 18.0 Å². The fourth-order valence-electron chi connectivity index (χ4n) is 2.83. The summed E-state index contributed by atoms with van der Waals surface area (Å²) in [4.78, 5) is 12.6. The summed E-state index contributed by atoms with van der Waals surface area (Å²) in [6.45, 7) is 5.93. The molecule has 0 aromatic carbocycles. The van der Waals surface area contributed by atoms with E-state index in [4.69, 9.17) is 19.3 Å². The van der Waals surface area contributed by atoms with Crippen LogP contribution in [0.2, 0.25) is 0 Å². The summed E-state index contributed by atoms with van der Waals surface area (Å²) in [5.74, 6) is 0. The lowest BCUT2D eigenvalue weighted by molar-refractivity contribution is 0.208. The molecule has 0 bridgehead atoms. The van der Waals surface area contributed by atoms with Gasteiger partial charge in [-0.05, 0) is 12.8 Å². The second-order valence-corrected chi connectivity index (χ2v) is 7.34. The van der Waals surface area contributed by atoms with Crippen molar-refractivity contribution in [2.24, 2.45) is 0 Å². The van der Waals surface area contributed by atoms with Gasteiger partial charge in [-0.1, -0.05) is 78.1 Å². The lowest BCUT2D eigenvalue weighted by atomic mass is 10.1. The fraction of sp³-hybridized carbons (Fsp3) is 0.864. The van der Waals surface area contributed by atoms with Crippen LogP contribution < -0.4 is 14.2 Å². The standard InChI is InChI=1S/C22H41N3O4/c1-3-5-7-8-9-10-11-12-14-18-28-21-23-20(27-17-13-6-4-2)24-22(25-21)29-19-15-16-26/h26H,3-19H2,1-2H3. The van der Waals surface area contributed by atoms with Gasteiger partial charge in [-0.2, -0.15) is 0 Å². The van der Waals surface area contributed by atoms with Gasteiger partial charge in [0.15, 0.2) is 0 Å². The Morgan fingerprint density at radius 2 is 0.862 bits per heavy atom. The van der Waals surface area contributed by atoms with Crippen molar-refractivity contribution in [1.29, 1.82) is 0 Å². The number of unbranched alkanes of at least 4 members (excludes halogenated alkanes) is 10. The van der Waals surface area contributed by atoms with Crippen molar-refractivity contribution in [3.05, 3.63) is 0 Å². The lowest BCUT2D eigenvalue weighted by Crippen LogP contribution is -2.09. The Labute approximate surface area is 176 Å². The van der Waals surface area contributed by atoms with Gasteiger partial charge in [-0.3, -0.25) is 0 Å². The van der Waals surface area contributed by atoms with Gasteiger partial charge >= 0.3 is 18.0 Å². The molecule has 168 valence electrons. The van der Waals surface area contributed by atoms with Crippen LogP contribution in [0.4, 0.5) is 0 Å². The van der Waals surface area contributed by atoms with Gasteiger partial charge in [0.05, 0.1) is 19.8 Å². The Bertz CT molecular complexity index is 503. The molecule has 0 spiro atoms. The Morgan fingerprint density at radius 3 is 1.31 bits per heavy atom. The van der Waals surface area contributed by atoms with E-state index in [0.717, 1.165) is 32.1 Å². The Hall–Kier alpha value is -1.63. The van der Waals surface area contributed by atoms with E-state index in [0.29, 0.717) is 26.2 Å². The third-order valence-corrected chi connectivity index (χ3v) is 4.57. The molecule has 0 amide bonds. The van der Waals surface area contributed by atoms with E-state index in [9.17, 15) is 0 Å². The van der Waals surface area contributed by atoms with E-state index in [1.807, 2.05) is 0 Å². The van der Waals surface area contributed by atoms with Gasteiger partial charge in [0.1, 0.15) is 0 Å². The fourth-order valence-corrected chi connectivity index (χ4v) is 2.83. The number of hydrogen-bond acceptors (Lipinski definition) is 7. The van der Waals surface area contributed by atoms with Crippen molar-refractivity contribution in [2.45, 2.75) is 97.3 Å². The molecule has 0 saturated heterocycles. The molecule has 1 rings (SSSR count). The maximum atomic E-state index is 8.90. The molecule has 29 heavy (non-hydrogen) atoms. The number of aliphatic hydroxyl groups excluding tert-OH is 1. The summed E-state index contributed by atoms with van der Waals surface area (Å²) in [5.41, 5.74) is 0. The second-order valence-electron chi connectivity index (χ2n) is 7.34. The van der Waals surface area contributed by atoms with Gasteiger partial charge in [0, 0.05) is 13.0 Å². The summed E-state index contributed by atoms with van der Waals surface area (Å²) in [5, 5.41) is 8.90. The predicted octanol–water partition coefficient (Wildman–Crippen LogP) is 5.11. The van der Waals surface area contributed by atoms with Gasteiger partial charge in [-0.15, -0.1) is 15.0 Å². The van der Waals surface area contributed by atoms with Crippen molar-refractivity contribution in [3.63, 3.8) is 0 Å². The highest BCUT2D eigenvalue weighted by atomic mass is 16.5. The van der Waals surface area contributed by atoms with Crippen LogP contribution in [0.5, 0.6) is 18.0 Å². The zero-order chi connectivity index (χ0) is 21.0. The van der Waals surface area contributed by atoms with Crippen LogP contribution in [0.25, 0.3) is 0 Å². The third-order valence-electron chi connectivity index (χ3n) is 4.57. The number of aliphatic hydroxyl groups is 1. The summed E-state index contributed by atoms with van der Waals surface area (Å²) < 4.78 is 16.8. The molecular weight excluding hydrogens is 370 g/mol. The molecule has 7 nitrogen and oxygen atoms in total. The quantitative estimate of drug-likeness (QED) is 0.298. The molecule has 0 saturated carbocycles. The Morgan fingerprint density at radius 1 is 0.517 bits per heavy atom. The minimum absolute atomic E-state index is 0.0629. The summed E-state index contributed by atoms with van der Waals surface area (Å²) >= 11 is 0. The molecule has 0 aliphatic carbocycles. The first-order valence-electron chi connectivity index (χ1n) is 11.6. The van der Waals surface area contributed by atoms with Crippen LogP contribution in [0.1, 0.15) is 97.3 Å². The zero-order valence-electron chi connectivity index (χ0n) is 18.5. The largest absolute Gasteiger partial charge is 0.463 e. The highest BCUT2D eigenvalue weighted by molar-refractivity contribution is 5.09. The molecule has 0 fully saturated rings. The average Bonchev–Trinajstić information content (AvgIpc) is 2.73. The smallest absolute Gasteiger partial charge is 0.325 e. The summed E-state index contributed by atoms with van der Waals surface area (Å²) in [7, 11) is 0. The van der Waals surface area contributed by atoms with E-state index in [1.54, 1.807) is 0 Å². The number of nitrogens with zero attached hydrogens (tertiary/aromatic N) is 3. The molecular formula is C22H41N3O4. The monoisotopic (exact) mass is 411 g/mol. The van der Waals surface area contributed by atoms with Crippen molar-refractivity contribution >= 4 is 0 Å². The molecule has 1 N–H and O–H groups in total. The minimum atomic E-state index is 0.0629. The van der Waals surface area contributed by atoms with Gasteiger partial charge in [0.2, 0.25) is 0 Å². The van der Waals surface area contributed by atoms with Crippen LogP contribution in [0.3, 0.4) is 0 Å². The van der Waals surface area contributed by atoms with E-state index in [2.05, 4.69) is 28.8 Å². The Balaban J connectivity index is 2.34. The lowest BCUT2D eigenvalue weighted by Gasteiger charge is -2.10. The minimum Gasteiger partial charge on any atom is -0.463 e. The van der Waals surface area contributed by atoms with Crippen LogP contribution in [0.15, 0.2) is 0 Å². The first kappa shape index (κ1) is 25.4. The normalized spacial score (nSPS) is 10.9. The number of hydrogen-bond donors (Lipinski definition) is 1. The van der Waals surface area contributed by atoms with Crippen LogP contribution in [-0.2, 0) is 0 Å². The van der Waals surface area contributed by atoms with E-state index in [1.165, 1.54) is 44.9 Å². The molecule has 0 atom stereocenters. The van der Waals surface area contributed by atoms with Crippen LogP contribution in [0, 0.1) is 0 Å². The van der Waals surface area contributed by atoms with Crippen molar-refractivity contribution in [1.82, 2.24) is 15.0 Å². The van der Waals surface area contributed by atoms with Gasteiger partial charge in [0.25, 0.3) is 0 Å². The first-order chi connectivity index (χ1) is 14.3. The summed E-state index contributed by atoms with van der Waals surface area (Å²) in [6.07, 6.45) is 15.1. The predicted molar refractivity (Wildman–Crippen MR) is 115 cm³/mol. The van der Waals surface area contributed by atoms with Crippen molar-refractivity contribution < 1.29 is 19.3 Å². The number of ether oxygens (including phenoxy) is 3. The number of rotatable bonds is 20. The summed E-state index contributed by atoms with van der Waals surface area (Å²) in [6, 6.07) is 0.655. The second kappa shape index (κ2) is 18.4. The molecule has 0 aliphatic heterocycles. The number of aromatic nitrogens is 3. The third kappa shape index (κ3) is 14.1. The van der Waals surface area contributed by atoms with E-state index in [-0.39, 0.29) is 24.6 Å². The molecule has 7 heteroatoms. The van der Waals surface area contributed by atoms with Crippen LogP contribution >= 0.6 is 0 Å². The molecule has 1 aromatic heterocycles. The topological polar surface area (TPSA) is 86.6 Å². The first-order valence-corrected chi connectivity index (χ1v) is 11.6. The van der Waals surface area contributed by atoms with Gasteiger partial charge < -0.3 is 19.3 Å². The molecule has 0 unspecified atom stereocenters. The maximum absolute atomic E-state index is 8.90. The highest BCUT2D eigenvalue weighted by Gasteiger charge is 2.10. The van der Waals surface area contributed by atoms with Crippen molar-refractivity contribution in [2.75, 3.05) is 26.4 Å². The zero-order valence-corrected chi connectivity index (χ0v) is 18.5. The maximum Gasteiger partial charge on any atom is 0.325 e. The van der Waals surface area contributed by atoms with Gasteiger partial charge in [-0.25, -0.2) is 0 Å². The highest BCUT2D eigenvalue weighted by Crippen LogP contribution is 2.16. The molecule has 1 heterocycles. The molecule has 1 aromatic rings. The molecule has 0 aliphatic rings.